The Kier molecular flexibility index (Phi) is 7.53. The van der Waals surface area contributed by atoms with Crippen LogP contribution in [-0.4, -0.2) is 82.2 Å². The van der Waals surface area contributed by atoms with E-state index in [0.29, 0.717) is 11.6 Å². The Labute approximate surface area is 223 Å². The number of morpholine rings is 1. The molecule has 3 fully saturated rings. The number of piperidine rings is 1. The number of H-pyrrole nitrogens is 1. The number of aromatic nitrogens is 4. The summed E-state index contributed by atoms with van der Waals surface area (Å²) < 4.78 is 5.51. The highest BCUT2D eigenvalue weighted by atomic mass is 16.5. The molecule has 1 aliphatic carbocycles. The molecule has 0 spiro atoms. The summed E-state index contributed by atoms with van der Waals surface area (Å²) in [6, 6.07) is 6.56. The molecule has 0 radical (unpaired) electrons. The molecule has 202 valence electrons. The van der Waals surface area contributed by atoms with Crippen LogP contribution in [0.1, 0.15) is 66.2 Å². The van der Waals surface area contributed by atoms with Crippen LogP contribution in [0.15, 0.2) is 30.7 Å². The predicted octanol–water partition coefficient (Wildman–Crippen LogP) is 2.57. The van der Waals surface area contributed by atoms with Crippen LogP contribution in [0.4, 0.5) is 5.82 Å². The first-order chi connectivity index (χ1) is 18.6. The van der Waals surface area contributed by atoms with E-state index in [1.165, 1.54) is 5.69 Å². The second-order valence-electron chi connectivity index (χ2n) is 11.0. The number of aromatic amines is 1. The zero-order valence-corrected chi connectivity index (χ0v) is 21.9. The fraction of sp³-hybridized carbons (Fsp3) is 0.571. The Morgan fingerprint density at radius 2 is 1.92 bits per heavy atom. The number of amides is 1. The van der Waals surface area contributed by atoms with Crippen LogP contribution in [0.2, 0.25) is 0 Å². The fourth-order valence-electron chi connectivity index (χ4n) is 6.19. The molecule has 1 unspecified atom stereocenters. The number of pyridine rings is 1. The largest absolute Gasteiger partial charge is 0.378 e. The molecule has 6 rings (SSSR count). The monoisotopic (exact) mass is 518 g/mol. The molecule has 2 saturated heterocycles. The number of carbonyl (C=O) groups excluding carboxylic acids is 1. The summed E-state index contributed by atoms with van der Waals surface area (Å²) in [6.07, 6.45) is 9.52. The maximum absolute atomic E-state index is 13.0. The molecule has 3 aromatic rings. The molecule has 2 aliphatic heterocycles. The van der Waals surface area contributed by atoms with Crippen LogP contribution in [0, 0.1) is 0 Å². The molecule has 3 aliphatic rings. The third kappa shape index (κ3) is 5.67. The van der Waals surface area contributed by atoms with Crippen LogP contribution < -0.4 is 16.0 Å². The van der Waals surface area contributed by atoms with Crippen LogP contribution in [0.5, 0.6) is 0 Å². The number of hydrogen-bond donors (Lipinski definition) is 3. The third-order valence-electron chi connectivity index (χ3n) is 8.24. The average molecular weight is 519 g/mol. The lowest BCUT2D eigenvalue weighted by atomic mass is 9.84. The van der Waals surface area contributed by atoms with Gasteiger partial charge < -0.3 is 25.7 Å². The van der Waals surface area contributed by atoms with E-state index in [1.807, 2.05) is 12.1 Å². The summed E-state index contributed by atoms with van der Waals surface area (Å²) in [7, 11) is 0. The zero-order valence-electron chi connectivity index (χ0n) is 21.9. The van der Waals surface area contributed by atoms with Gasteiger partial charge in [-0.2, -0.15) is 0 Å². The van der Waals surface area contributed by atoms with E-state index in [-0.39, 0.29) is 18.0 Å². The molecule has 5 heterocycles. The van der Waals surface area contributed by atoms with E-state index >= 15 is 0 Å². The number of carbonyl (C=O) groups is 1. The minimum atomic E-state index is -0.0818. The normalized spacial score (nSPS) is 25.0. The molecule has 0 aromatic carbocycles. The van der Waals surface area contributed by atoms with Crippen LogP contribution in [-0.2, 0) is 11.3 Å². The maximum atomic E-state index is 13.0. The molecule has 0 bridgehead atoms. The molecule has 10 nitrogen and oxygen atoms in total. The lowest BCUT2D eigenvalue weighted by Crippen LogP contribution is -2.42. The summed E-state index contributed by atoms with van der Waals surface area (Å²) in [6.45, 7) is 5.92. The molecular weight excluding hydrogens is 480 g/mol. The first-order valence-corrected chi connectivity index (χ1v) is 14.0. The molecule has 4 N–H and O–H groups in total. The van der Waals surface area contributed by atoms with Crippen molar-refractivity contribution >= 4 is 22.8 Å². The van der Waals surface area contributed by atoms with Crippen LogP contribution >= 0.6 is 0 Å². The van der Waals surface area contributed by atoms with Crippen LogP contribution in [0.25, 0.3) is 11.0 Å². The van der Waals surface area contributed by atoms with Gasteiger partial charge in [0.1, 0.15) is 23.5 Å². The van der Waals surface area contributed by atoms with E-state index in [1.54, 1.807) is 12.5 Å². The number of nitrogens with one attached hydrogen (secondary N) is 2. The van der Waals surface area contributed by atoms with Gasteiger partial charge in [0.25, 0.3) is 5.91 Å². The second kappa shape index (κ2) is 11.3. The number of fused-ring (bicyclic) bond motifs is 1. The Hall–Kier alpha value is -3.08. The lowest BCUT2D eigenvalue weighted by molar-refractivity contribution is 0.0920. The topological polar surface area (TPSA) is 125 Å². The van der Waals surface area contributed by atoms with Crippen molar-refractivity contribution in [1.29, 1.82) is 0 Å². The third-order valence-corrected chi connectivity index (χ3v) is 8.24. The van der Waals surface area contributed by atoms with Crippen molar-refractivity contribution in [3.8, 4) is 0 Å². The van der Waals surface area contributed by atoms with Gasteiger partial charge in [0.05, 0.1) is 18.6 Å². The zero-order chi connectivity index (χ0) is 25.9. The summed E-state index contributed by atoms with van der Waals surface area (Å²) >= 11 is 0. The van der Waals surface area contributed by atoms with Crippen molar-refractivity contribution in [2.24, 2.45) is 5.73 Å². The lowest BCUT2D eigenvalue weighted by Gasteiger charge is -2.30. The van der Waals surface area contributed by atoms with Gasteiger partial charge in [0.15, 0.2) is 0 Å². The SMILES string of the molecule is NC1CCCN(Cc2ccnc(C(=O)NC3CCC(c4cc5c(N6CCOCC6)ncnc5[nH]4)CC3)c2)C1. The first kappa shape index (κ1) is 25.2. The van der Waals surface area contributed by atoms with Crippen molar-refractivity contribution in [3.63, 3.8) is 0 Å². The Balaban J connectivity index is 1.05. The Morgan fingerprint density at radius 3 is 2.74 bits per heavy atom. The number of hydrogen-bond acceptors (Lipinski definition) is 8. The molecule has 1 atom stereocenters. The molecular formula is C28H38N8O2. The first-order valence-electron chi connectivity index (χ1n) is 14.0. The molecule has 1 amide bonds. The van der Waals surface area contributed by atoms with E-state index in [9.17, 15) is 4.79 Å². The number of likely N-dealkylation sites (tertiary alicyclic amines) is 1. The van der Waals surface area contributed by atoms with Crippen molar-refractivity contribution in [2.75, 3.05) is 44.3 Å². The number of anilines is 1. The Morgan fingerprint density at radius 1 is 1.08 bits per heavy atom. The summed E-state index contributed by atoms with van der Waals surface area (Å²) in [5.41, 5.74) is 9.85. The van der Waals surface area contributed by atoms with E-state index < -0.39 is 0 Å². The summed E-state index contributed by atoms with van der Waals surface area (Å²) in [5, 5.41) is 4.32. The van der Waals surface area contributed by atoms with Gasteiger partial charge in [-0.15, -0.1) is 0 Å². The average Bonchev–Trinajstić information content (AvgIpc) is 3.39. The van der Waals surface area contributed by atoms with Crippen molar-refractivity contribution in [1.82, 2.24) is 30.2 Å². The second-order valence-corrected chi connectivity index (χ2v) is 11.0. The number of nitrogens with two attached hydrogens (primary N) is 1. The smallest absolute Gasteiger partial charge is 0.270 e. The van der Waals surface area contributed by atoms with Gasteiger partial charge in [0.2, 0.25) is 0 Å². The van der Waals surface area contributed by atoms with E-state index in [0.717, 1.165) is 107 Å². The standard InChI is InChI=1S/C28H38N8O2/c29-21-2-1-9-35(17-21)16-19-7-8-30-25(14-19)28(37)33-22-5-3-20(4-6-22)24-15-23-26(34-24)31-18-32-27(23)36-10-12-38-13-11-36/h7-8,14-15,18,20-22H,1-6,9-13,16-17,29H2,(H,33,37)(H,31,32,34). The molecule has 10 heteroatoms. The molecule has 3 aromatic heterocycles. The predicted molar refractivity (Wildman–Crippen MR) is 146 cm³/mol. The molecule has 1 saturated carbocycles. The van der Waals surface area contributed by atoms with Crippen LogP contribution in [0.3, 0.4) is 0 Å². The number of nitrogens with zero attached hydrogens (tertiary/aromatic N) is 5. The van der Waals surface area contributed by atoms with Gasteiger partial charge >= 0.3 is 0 Å². The number of rotatable bonds is 6. The highest BCUT2D eigenvalue weighted by Gasteiger charge is 2.27. The number of ether oxygens (including phenoxy) is 1. The van der Waals surface area contributed by atoms with E-state index in [2.05, 4.69) is 41.1 Å². The quantitative estimate of drug-likeness (QED) is 0.455. The molecule has 38 heavy (non-hydrogen) atoms. The minimum absolute atomic E-state index is 0.0818. The van der Waals surface area contributed by atoms with Crippen molar-refractivity contribution in [2.45, 2.75) is 63.1 Å². The van der Waals surface area contributed by atoms with E-state index in [4.69, 9.17) is 10.5 Å². The van der Waals surface area contributed by atoms with Crippen molar-refractivity contribution in [3.05, 3.63) is 47.7 Å². The van der Waals surface area contributed by atoms with Gasteiger partial charge in [-0.1, -0.05) is 0 Å². The minimum Gasteiger partial charge on any atom is -0.378 e. The fourth-order valence-corrected chi connectivity index (χ4v) is 6.19. The Bertz CT molecular complexity index is 1250. The van der Waals surface area contributed by atoms with Gasteiger partial charge in [-0.25, -0.2) is 9.97 Å². The van der Waals surface area contributed by atoms with Gasteiger partial charge in [-0.05, 0) is 74.8 Å². The van der Waals surface area contributed by atoms with Gasteiger partial charge in [0, 0.05) is 50.2 Å². The summed E-state index contributed by atoms with van der Waals surface area (Å²) in [5.74, 6) is 1.33. The highest BCUT2D eigenvalue weighted by Crippen LogP contribution is 2.35. The highest BCUT2D eigenvalue weighted by molar-refractivity contribution is 5.92. The van der Waals surface area contributed by atoms with Gasteiger partial charge in [-0.3, -0.25) is 14.7 Å². The maximum Gasteiger partial charge on any atom is 0.270 e. The summed E-state index contributed by atoms with van der Waals surface area (Å²) in [4.78, 5) is 34.7. The van der Waals surface area contributed by atoms with Crippen molar-refractivity contribution < 1.29 is 9.53 Å².